The van der Waals surface area contributed by atoms with Gasteiger partial charge in [-0.2, -0.15) is 9.97 Å². The highest BCUT2D eigenvalue weighted by molar-refractivity contribution is 5.83. The SMILES string of the molecule is CC(Nc1nc(N)nc2nc[nH]c12)C1CCOC1. The number of fused-ring (bicyclic) bond motifs is 1. The average Bonchev–Trinajstić information content (AvgIpc) is 2.98. The van der Waals surface area contributed by atoms with Crippen LogP contribution in [0.4, 0.5) is 11.8 Å². The topological polar surface area (TPSA) is 102 Å². The molecule has 7 heteroatoms. The zero-order valence-corrected chi connectivity index (χ0v) is 10.2. The van der Waals surface area contributed by atoms with Crippen molar-refractivity contribution in [3.05, 3.63) is 6.33 Å². The fourth-order valence-corrected chi connectivity index (χ4v) is 2.24. The number of nitrogen functional groups attached to an aromatic ring is 1. The van der Waals surface area contributed by atoms with E-state index in [1.165, 1.54) is 0 Å². The van der Waals surface area contributed by atoms with Crippen molar-refractivity contribution in [3.8, 4) is 0 Å². The number of imidazole rings is 1. The Morgan fingerprint density at radius 1 is 1.56 bits per heavy atom. The van der Waals surface area contributed by atoms with Crippen LogP contribution in [0.15, 0.2) is 6.33 Å². The van der Waals surface area contributed by atoms with Gasteiger partial charge in [-0.3, -0.25) is 0 Å². The third-order valence-corrected chi connectivity index (χ3v) is 3.34. The number of nitrogens with two attached hydrogens (primary N) is 1. The number of ether oxygens (including phenoxy) is 1. The largest absolute Gasteiger partial charge is 0.381 e. The molecule has 1 aliphatic heterocycles. The van der Waals surface area contributed by atoms with Gasteiger partial charge in [-0.25, -0.2) is 4.98 Å². The highest BCUT2D eigenvalue weighted by Crippen LogP contribution is 2.23. The Bertz CT molecular complexity index is 547. The summed E-state index contributed by atoms with van der Waals surface area (Å²) in [6.45, 7) is 3.75. The first kappa shape index (κ1) is 11.2. The van der Waals surface area contributed by atoms with Crippen LogP contribution in [0.25, 0.3) is 11.2 Å². The smallest absolute Gasteiger partial charge is 0.224 e. The molecule has 0 radical (unpaired) electrons. The van der Waals surface area contributed by atoms with E-state index in [2.05, 4.69) is 32.2 Å². The third-order valence-electron chi connectivity index (χ3n) is 3.34. The van der Waals surface area contributed by atoms with Crippen molar-refractivity contribution in [1.82, 2.24) is 19.9 Å². The number of hydrogen-bond donors (Lipinski definition) is 3. The zero-order chi connectivity index (χ0) is 12.5. The van der Waals surface area contributed by atoms with Gasteiger partial charge in [0.05, 0.1) is 12.9 Å². The molecule has 3 heterocycles. The van der Waals surface area contributed by atoms with Crippen LogP contribution in [-0.4, -0.2) is 39.2 Å². The molecule has 1 aliphatic rings. The first-order valence-electron chi connectivity index (χ1n) is 6.05. The van der Waals surface area contributed by atoms with E-state index in [0.717, 1.165) is 25.2 Å². The van der Waals surface area contributed by atoms with Gasteiger partial charge in [0.2, 0.25) is 5.95 Å². The predicted octanol–water partition coefficient (Wildman–Crippen LogP) is 0.772. The summed E-state index contributed by atoms with van der Waals surface area (Å²) in [5.74, 6) is 1.43. The Morgan fingerprint density at radius 3 is 3.22 bits per heavy atom. The molecule has 0 amide bonds. The number of nitrogens with zero attached hydrogens (tertiary/aromatic N) is 3. The molecular formula is C11H16N6O. The monoisotopic (exact) mass is 248 g/mol. The molecule has 2 aromatic heterocycles. The van der Waals surface area contributed by atoms with Gasteiger partial charge in [-0.1, -0.05) is 0 Å². The molecule has 0 aromatic carbocycles. The maximum atomic E-state index is 5.67. The molecule has 3 rings (SSSR count). The lowest BCUT2D eigenvalue weighted by Gasteiger charge is -2.20. The van der Waals surface area contributed by atoms with E-state index in [1.807, 2.05) is 0 Å². The Morgan fingerprint density at radius 2 is 2.44 bits per heavy atom. The number of H-pyrrole nitrogens is 1. The van der Waals surface area contributed by atoms with E-state index in [1.54, 1.807) is 6.33 Å². The number of anilines is 2. The van der Waals surface area contributed by atoms with Crippen molar-refractivity contribution in [2.24, 2.45) is 5.92 Å². The van der Waals surface area contributed by atoms with E-state index < -0.39 is 0 Å². The lowest BCUT2D eigenvalue weighted by molar-refractivity contribution is 0.183. The third kappa shape index (κ3) is 1.97. The van der Waals surface area contributed by atoms with Crippen LogP contribution in [0, 0.1) is 5.92 Å². The Kier molecular flexibility index (Phi) is 2.75. The highest BCUT2D eigenvalue weighted by atomic mass is 16.5. The molecule has 0 aliphatic carbocycles. The number of hydrogen-bond acceptors (Lipinski definition) is 6. The van der Waals surface area contributed by atoms with Crippen molar-refractivity contribution >= 4 is 22.9 Å². The van der Waals surface area contributed by atoms with Gasteiger partial charge < -0.3 is 20.8 Å². The van der Waals surface area contributed by atoms with E-state index in [9.17, 15) is 0 Å². The van der Waals surface area contributed by atoms with Gasteiger partial charge in [0.25, 0.3) is 0 Å². The molecule has 2 atom stereocenters. The molecule has 0 saturated carbocycles. The minimum atomic E-state index is 0.229. The van der Waals surface area contributed by atoms with Crippen LogP contribution in [0.1, 0.15) is 13.3 Å². The molecule has 18 heavy (non-hydrogen) atoms. The zero-order valence-electron chi connectivity index (χ0n) is 10.2. The lowest BCUT2D eigenvalue weighted by Crippen LogP contribution is -2.27. The minimum absolute atomic E-state index is 0.229. The summed E-state index contributed by atoms with van der Waals surface area (Å²) in [5.41, 5.74) is 7.04. The van der Waals surface area contributed by atoms with Gasteiger partial charge >= 0.3 is 0 Å². The fraction of sp³-hybridized carbons (Fsp3) is 0.545. The molecule has 1 fully saturated rings. The molecule has 7 nitrogen and oxygen atoms in total. The molecule has 1 saturated heterocycles. The van der Waals surface area contributed by atoms with Crippen molar-refractivity contribution in [2.45, 2.75) is 19.4 Å². The lowest BCUT2D eigenvalue weighted by atomic mass is 10.0. The molecular weight excluding hydrogens is 232 g/mol. The van der Waals surface area contributed by atoms with Crippen molar-refractivity contribution in [1.29, 1.82) is 0 Å². The van der Waals surface area contributed by atoms with Gasteiger partial charge in [0.15, 0.2) is 11.5 Å². The normalized spacial score (nSPS) is 21.3. The van der Waals surface area contributed by atoms with Gasteiger partial charge in [-0.05, 0) is 13.3 Å². The standard InChI is InChI=1S/C11H16N6O/c1-6(7-2-3-18-4-7)15-10-8-9(14-5-13-8)16-11(12)17-10/h5-7H,2-4H2,1H3,(H4,12,13,14,15,16,17). The summed E-state index contributed by atoms with van der Waals surface area (Å²) in [4.78, 5) is 15.4. The second kappa shape index (κ2) is 4.41. The van der Waals surface area contributed by atoms with Crippen LogP contribution in [0.2, 0.25) is 0 Å². The molecule has 4 N–H and O–H groups in total. The van der Waals surface area contributed by atoms with Crippen LogP contribution in [-0.2, 0) is 4.74 Å². The first-order valence-corrected chi connectivity index (χ1v) is 6.05. The van der Waals surface area contributed by atoms with Crippen molar-refractivity contribution in [2.75, 3.05) is 24.3 Å². The molecule has 0 spiro atoms. The Labute approximate surface area is 104 Å². The summed E-state index contributed by atoms with van der Waals surface area (Å²) in [7, 11) is 0. The molecule has 96 valence electrons. The minimum Gasteiger partial charge on any atom is -0.381 e. The average molecular weight is 248 g/mol. The second-order valence-corrected chi connectivity index (χ2v) is 4.59. The summed E-state index contributed by atoms with van der Waals surface area (Å²) in [6.07, 6.45) is 2.66. The molecule has 2 unspecified atom stereocenters. The summed E-state index contributed by atoms with van der Waals surface area (Å²) >= 11 is 0. The van der Waals surface area contributed by atoms with Crippen molar-refractivity contribution in [3.63, 3.8) is 0 Å². The Hall–Kier alpha value is -1.89. The number of nitrogens with one attached hydrogen (secondary N) is 2. The Balaban J connectivity index is 1.86. The molecule has 0 bridgehead atoms. The van der Waals surface area contributed by atoms with E-state index in [4.69, 9.17) is 10.5 Å². The number of rotatable bonds is 3. The van der Waals surface area contributed by atoms with Crippen LogP contribution in [0.3, 0.4) is 0 Å². The number of aromatic nitrogens is 4. The van der Waals surface area contributed by atoms with Gasteiger partial charge in [0, 0.05) is 18.6 Å². The van der Waals surface area contributed by atoms with Crippen LogP contribution in [0.5, 0.6) is 0 Å². The quantitative estimate of drug-likeness (QED) is 0.741. The predicted molar refractivity (Wildman–Crippen MR) is 68.1 cm³/mol. The summed E-state index contributed by atoms with van der Waals surface area (Å²) < 4.78 is 5.39. The van der Waals surface area contributed by atoms with E-state index in [-0.39, 0.29) is 12.0 Å². The van der Waals surface area contributed by atoms with Crippen LogP contribution < -0.4 is 11.1 Å². The first-order chi connectivity index (χ1) is 8.74. The maximum Gasteiger partial charge on any atom is 0.224 e. The fourth-order valence-electron chi connectivity index (χ4n) is 2.24. The maximum absolute atomic E-state index is 5.67. The van der Waals surface area contributed by atoms with Crippen molar-refractivity contribution < 1.29 is 4.74 Å². The summed E-state index contributed by atoms with van der Waals surface area (Å²) in [6, 6.07) is 0.272. The second-order valence-electron chi connectivity index (χ2n) is 4.59. The van der Waals surface area contributed by atoms with E-state index in [0.29, 0.717) is 17.4 Å². The number of aromatic amines is 1. The van der Waals surface area contributed by atoms with Crippen LogP contribution >= 0.6 is 0 Å². The molecule has 2 aromatic rings. The summed E-state index contributed by atoms with van der Waals surface area (Å²) in [5, 5.41) is 3.37. The highest BCUT2D eigenvalue weighted by Gasteiger charge is 2.23. The van der Waals surface area contributed by atoms with Gasteiger partial charge in [0.1, 0.15) is 5.52 Å². The van der Waals surface area contributed by atoms with E-state index >= 15 is 0 Å². The van der Waals surface area contributed by atoms with Gasteiger partial charge in [-0.15, -0.1) is 0 Å².